The van der Waals surface area contributed by atoms with E-state index in [9.17, 15) is 4.57 Å². The van der Waals surface area contributed by atoms with Crippen LogP contribution in [0.1, 0.15) is 27.7 Å². The Morgan fingerprint density at radius 3 is 2.20 bits per heavy atom. The van der Waals surface area contributed by atoms with E-state index in [1.165, 1.54) is 0 Å². The molecule has 0 aromatic heterocycles. The molecule has 0 aliphatic rings. The minimum Gasteiger partial charge on any atom is -0.311 e. The molecule has 0 amide bonds. The fourth-order valence-electron chi connectivity index (χ4n) is 0.397. The van der Waals surface area contributed by atoms with E-state index in [4.69, 9.17) is 9.05 Å². The molecule has 0 heterocycles. The largest absolute Gasteiger partial charge is 0.319 e. The molecule has 0 aromatic carbocycles. The first-order chi connectivity index (χ1) is 4.45. The second-order valence-electron chi connectivity index (χ2n) is 2.90. The summed E-state index contributed by atoms with van der Waals surface area (Å²) < 4.78 is 20.5. The van der Waals surface area contributed by atoms with Crippen molar-refractivity contribution in [1.82, 2.24) is 0 Å². The van der Waals surface area contributed by atoms with Gasteiger partial charge in [-0.3, -0.25) is 4.57 Å². The zero-order valence-corrected chi connectivity index (χ0v) is 7.93. The molecular formula is C6H15O3P. The Bertz CT molecular complexity index is 117. The Hall–Kier alpha value is 0.150. The Balaban J connectivity index is 3.58. The monoisotopic (exact) mass is 166 g/mol. The molecule has 0 aliphatic heterocycles. The van der Waals surface area contributed by atoms with Crippen molar-refractivity contribution in [2.24, 2.45) is 0 Å². The van der Waals surface area contributed by atoms with Crippen LogP contribution in [-0.4, -0.2) is 12.2 Å². The Kier molecular flexibility index (Phi) is 4.18. The normalized spacial score (nSPS) is 15.2. The summed E-state index contributed by atoms with van der Waals surface area (Å²) in [7, 11) is -2.25. The van der Waals surface area contributed by atoms with Gasteiger partial charge >= 0.3 is 8.25 Å². The first-order valence-electron chi connectivity index (χ1n) is 3.31. The van der Waals surface area contributed by atoms with Gasteiger partial charge in [0.25, 0.3) is 0 Å². The number of hydrogen-bond donors (Lipinski definition) is 0. The molecule has 62 valence electrons. The summed E-state index contributed by atoms with van der Waals surface area (Å²) in [6.45, 7) is 7.75. The Morgan fingerprint density at radius 1 is 1.40 bits per heavy atom. The van der Waals surface area contributed by atoms with Crippen LogP contribution >= 0.6 is 8.25 Å². The first kappa shape index (κ1) is 10.2. The number of hydrogen-bond acceptors (Lipinski definition) is 3. The van der Waals surface area contributed by atoms with Gasteiger partial charge in [0.05, 0.1) is 12.2 Å². The molecule has 10 heavy (non-hydrogen) atoms. The number of rotatable bonds is 3. The third-order valence-electron chi connectivity index (χ3n) is 0.652. The summed E-state index contributed by atoms with van der Waals surface area (Å²) in [6, 6.07) is 0. The minimum absolute atomic E-state index is 0.370. The summed E-state index contributed by atoms with van der Waals surface area (Å²) in [5, 5.41) is 0. The third kappa shape index (κ3) is 6.27. The van der Waals surface area contributed by atoms with Gasteiger partial charge in [0.1, 0.15) is 0 Å². The van der Waals surface area contributed by atoms with Crippen LogP contribution in [0.5, 0.6) is 0 Å². The molecule has 0 aliphatic carbocycles. The van der Waals surface area contributed by atoms with Crippen LogP contribution in [0.15, 0.2) is 0 Å². The smallest absolute Gasteiger partial charge is 0.311 e. The summed E-state index contributed by atoms with van der Waals surface area (Å²) in [5.41, 5.74) is -0.370. The Morgan fingerprint density at radius 2 is 1.90 bits per heavy atom. The second-order valence-corrected chi connectivity index (χ2v) is 3.89. The van der Waals surface area contributed by atoms with E-state index in [1.54, 1.807) is 6.92 Å². The van der Waals surface area contributed by atoms with E-state index in [0.717, 1.165) is 0 Å². The highest BCUT2D eigenvalue weighted by Crippen LogP contribution is 2.30. The van der Waals surface area contributed by atoms with Gasteiger partial charge in [0.15, 0.2) is 0 Å². The van der Waals surface area contributed by atoms with Crippen molar-refractivity contribution in [3.63, 3.8) is 0 Å². The fourth-order valence-corrected chi connectivity index (χ4v) is 1.19. The zero-order valence-electron chi connectivity index (χ0n) is 6.93. The van der Waals surface area contributed by atoms with Crippen molar-refractivity contribution >= 4 is 8.25 Å². The lowest BCUT2D eigenvalue weighted by molar-refractivity contribution is 0.110. The quantitative estimate of drug-likeness (QED) is 0.603. The first-order valence-corrected chi connectivity index (χ1v) is 4.54. The molecule has 0 radical (unpaired) electrons. The molecule has 0 rings (SSSR count). The second kappa shape index (κ2) is 4.12. The van der Waals surface area contributed by atoms with Crippen molar-refractivity contribution in [1.29, 1.82) is 0 Å². The highest BCUT2D eigenvalue weighted by atomic mass is 31.1. The van der Waals surface area contributed by atoms with Gasteiger partial charge in [0, 0.05) is 0 Å². The maximum atomic E-state index is 10.8. The molecule has 0 N–H and O–H groups in total. The van der Waals surface area contributed by atoms with Crippen LogP contribution in [0.2, 0.25) is 0 Å². The van der Waals surface area contributed by atoms with Crippen molar-refractivity contribution in [3.05, 3.63) is 0 Å². The molecule has 4 heteroatoms. The Labute approximate surface area is 62.7 Å². The SMILES string of the molecule is CCO[PH](=O)OC(C)(C)C. The van der Waals surface area contributed by atoms with Crippen LogP contribution in [-0.2, 0) is 13.6 Å². The zero-order chi connectivity index (χ0) is 8.20. The maximum Gasteiger partial charge on any atom is 0.319 e. The van der Waals surface area contributed by atoms with E-state index in [1.807, 2.05) is 20.8 Å². The van der Waals surface area contributed by atoms with Gasteiger partial charge in [-0.15, -0.1) is 0 Å². The summed E-state index contributed by atoms with van der Waals surface area (Å²) in [5.74, 6) is 0. The van der Waals surface area contributed by atoms with Gasteiger partial charge in [0.2, 0.25) is 0 Å². The van der Waals surface area contributed by atoms with Gasteiger partial charge in [-0.25, -0.2) is 0 Å². The van der Waals surface area contributed by atoms with Crippen molar-refractivity contribution in [2.75, 3.05) is 6.61 Å². The summed E-state index contributed by atoms with van der Waals surface area (Å²) in [4.78, 5) is 0. The van der Waals surface area contributed by atoms with Crippen molar-refractivity contribution in [2.45, 2.75) is 33.3 Å². The van der Waals surface area contributed by atoms with E-state index < -0.39 is 8.25 Å². The van der Waals surface area contributed by atoms with Crippen LogP contribution < -0.4 is 0 Å². The molecule has 0 fully saturated rings. The molecular weight excluding hydrogens is 151 g/mol. The lowest BCUT2D eigenvalue weighted by Crippen LogP contribution is -2.14. The molecule has 1 unspecified atom stereocenters. The minimum atomic E-state index is -2.25. The van der Waals surface area contributed by atoms with E-state index >= 15 is 0 Å². The van der Waals surface area contributed by atoms with Crippen LogP contribution in [0.25, 0.3) is 0 Å². The highest BCUT2D eigenvalue weighted by molar-refractivity contribution is 7.33. The summed E-state index contributed by atoms with van der Waals surface area (Å²) >= 11 is 0. The molecule has 0 saturated carbocycles. The van der Waals surface area contributed by atoms with Gasteiger partial charge in [-0.1, -0.05) is 0 Å². The molecule has 0 spiro atoms. The maximum absolute atomic E-state index is 10.8. The average molecular weight is 166 g/mol. The standard InChI is InChI=1S/C6H15O3P/c1-5-8-10(7)9-6(2,3)4/h10H,5H2,1-4H3. The van der Waals surface area contributed by atoms with E-state index in [-0.39, 0.29) is 5.60 Å². The molecule has 0 aromatic rings. The molecule has 1 atom stereocenters. The van der Waals surface area contributed by atoms with Gasteiger partial charge in [-0.05, 0) is 27.7 Å². The lowest BCUT2D eigenvalue weighted by Gasteiger charge is -2.17. The van der Waals surface area contributed by atoms with E-state index in [2.05, 4.69) is 0 Å². The average Bonchev–Trinajstić information content (AvgIpc) is 1.59. The molecule has 0 bridgehead atoms. The van der Waals surface area contributed by atoms with Crippen LogP contribution in [0.3, 0.4) is 0 Å². The predicted octanol–water partition coefficient (Wildman–Crippen LogP) is 2.23. The molecule has 0 saturated heterocycles. The van der Waals surface area contributed by atoms with Crippen molar-refractivity contribution in [3.8, 4) is 0 Å². The predicted molar refractivity (Wildman–Crippen MR) is 41.5 cm³/mol. The third-order valence-corrected chi connectivity index (χ3v) is 1.96. The molecule has 3 nitrogen and oxygen atoms in total. The van der Waals surface area contributed by atoms with Crippen LogP contribution in [0, 0.1) is 0 Å². The highest BCUT2D eigenvalue weighted by Gasteiger charge is 2.13. The topological polar surface area (TPSA) is 35.5 Å². The van der Waals surface area contributed by atoms with E-state index in [0.29, 0.717) is 6.61 Å². The summed E-state index contributed by atoms with van der Waals surface area (Å²) in [6.07, 6.45) is 0. The van der Waals surface area contributed by atoms with Gasteiger partial charge in [-0.2, -0.15) is 0 Å². The van der Waals surface area contributed by atoms with Crippen LogP contribution in [0.4, 0.5) is 0 Å². The lowest BCUT2D eigenvalue weighted by atomic mass is 10.2. The van der Waals surface area contributed by atoms with Gasteiger partial charge < -0.3 is 9.05 Å². The fraction of sp³-hybridized carbons (Fsp3) is 1.00. The van der Waals surface area contributed by atoms with Crippen molar-refractivity contribution < 1.29 is 13.6 Å².